The molecule has 2 aliphatic rings. The minimum absolute atomic E-state index is 0.529. The summed E-state index contributed by atoms with van der Waals surface area (Å²) in [5, 5.41) is 7.52. The Morgan fingerprint density at radius 1 is 1.29 bits per heavy atom. The van der Waals surface area contributed by atoms with Gasteiger partial charge in [0, 0.05) is 31.1 Å². The largest absolute Gasteiger partial charge is 0.339 e. The van der Waals surface area contributed by atoms with E-state index in [4.69, 9.17) is 4.52 Å². The molecule has 1 saturated heterocycles. The third-order valence-corrected chi connectivity index (χ3v) is 3.75. The first-order chi connectivity index (χ1) is 8.24. The molecule has 0 spiro atoms. The van der Waals surface area contributed by atoms with Crippen LogP contribution >= 0.6 is 0 Å². The Hall–Kier alpha value is -0.940. The van der Waals surface area contributed by atoms with Crippen molar-refractivity contribution in [2.75, 3.05) is 13.1 Å². The molecule has 0 amide bonds. The van der Waals surface area contributed by atoms with Gasteiger partial charge < -0.3 is 9.84 Å². The molecule has 5 heteroatoms. The maximum absolute atomic E-state index is 5.30. The average Bonchev–Trinajstić information content (AvgIpc) is 3.05. The van der Waals surface area contributed by atoms with Gasteiger partial charge in [0.05, 0.1) is 6.54 Å². The Labute approximate surface area is 102 Å². The van der Waals surface area contributed by atoms with Crippen molar-refractivity contribution in [3.05, 3.63) is 11.7 Å². The average molecular weight is 236 g/mol. The molecule has 1 saturated carbocycles. The van der Waals surface area contributed by atoms with E-state index < -0.39 is 0 Å². The van der Waals surface area contributed by atoms with Gasteiger partial charge in [-0.05, 0) is 26.7 Å². The second-order valence-corrected chi connectivity index (χ2v) is 5.35. The molecule has 0 aromatic carbocycles. The van der Waals surface area contributed by atoms with Gasteiger partial charge in [-0.15, -0.1) is 0 Å². The second-order valence-electron chi connectivity index (χ2n) is 5.35. The normalized spacial score (nSPS) is 30.7. The molecule has 1 aliphatic carbocycles. The smallest absolute Gasteiger partial charge is 0.229 e. The Morgan fingerprint density at radius 2 is 2.00 bits per heavy atom. The summed E-state index contributed by atoms with van der Waals surface area (Å²) in [4.78, 5) is 6.94. The summed E-state index contributed by atoms with van der Waals surface area (Å²) >= 11 is 0. The minimum atomic E-state index is 0.529. The Kier molecular flexibility index (Phi) is 2.88. The maximum Gasteiger partial charge on any atom is 0.229 e. The molecule has 1 aliphatic heterocycles. The number of rotatable bonds is 3. The zero-order valence-electron chi connectivity index (χ0n) is 10.5. The van der Waals surface area contributed by atoms with E-state index in [1.54, 1.807) is 0 Å². The van der Waals surface area contributed by atoms with Gasteiger partial charge in [-0.25, -0.2) is 0 Å². The lowest BCUT2D eigenvalue weighted by Gasteiger charge is -2.38. The maximum atomic E-state index is 5.30. The highest BCUT2D eigenvalue weighted by Crippen LogP contribution is 2.38. The highest BCUT2D eigenvalue weighted by Gasteiger charge is 2.31. The lowest BCUT2D eigenvalue weighted by atomic mass is 10.1. The number of nitrogens with one attached hydrogen (secondary N) is 1. The van der Waals surface area contributed by atoms with E-state index in [1.165, 1.54) is 12.8 Å². The molecular weight excluding hydrogens is 216 g/mol. The summed E-state index contributed by atoms with van der Waals surface area (Å²) in [6.07, 6.45) is 2.42. The van der Waals surface area contributed by atoms with Crippen LogP contribution in [-0.4, -0.2) is 40.2 Å². The predicted octanol–water partition coefficient (Wildman–Crippen LogP) is 1.13. The van der Waals surface area contributed by atoms with E-state index in [0.717, 1.165) is 31.3 Å². The number of aromatic nitrogens is 2. The van der Waals surface area contributed by atoms with E-state index in [2.05, 4.69) is 34.2 Å². The van der Waals surface area contributed by atoms with Crippen LogP contribution in [0, 0.1) is 0 Å². The second kappa shape index (κ2) is 4.38. The fraction of sp³-hybridized carbons (Fsp3) is 0.833. The molecule has 17 heavy (non-hydrogen) atoms. The van der Waals surface area contributed by atoms with Crippen molar-refractivity contribution in [2.24, 2.45) is 0 Å². The molecule has 2 heterocycles. The summed E-state index contributed by atoms with van der Waals surface area (Å²) in [5.74, 6) is 2.23. The zero-order valence-corrected chi connectivity index (χ0v) is 10.5. The predicted molar refractivity (Wildman–Crippen MR) is 63.6 cm³/mol. The van der Waals surface area contributed by atoms with Crippen LogP contribution in [0.1, 0.15) is 44.3 Å². The van der Waals surface area contributed by atoms with Gasteiger partial charge in [-0.2, -0.15) is 4.98 Å². The fourth-order valence-electron chi connectivity index (χ4n) is 2.47. The van der Waals surface area contributed by atoms with Crippen LogP contribution in [0.3, 0.4) is 0 Å². The quantitative estimate of drug-likeness (QED) is 0.852. The molecule has 5 nitrogen and oxygen atoms in total. The Morgan fingerprint density at radius 3 is 2.65 bits per heavy atom. The van der Waals surface area contributed by atoms with Crippen molar-refractivity contribution < 1.29 is 4.52 Å². The molecular formula is C12H20N4O. The van der Waals surface area contributed by atoms with Gasteiger partial charge in [-0.1, -0.05) is 5.16 Å². The lowest BCUT2D eigenvalue weighted by molar-refractivity contribution is 0.104. The number of hydrogen-bond donors (Lipinski definition) is 1. The van der Waals surface area contributed by atoms with E-state index in [9.17, 15) is 0 Å². The van der Waals surface area contributed by atoms with Crippen LogP contribution in [0.4, 0.5) is 0 Å². The summed E-state index contributed by atoms with van der Waals surface area (Å²) in [7, 11) is 0. The monoisotopic (exact) mass is 236 g/mol. The van der Waals surface area contributed by atoms with Crippen LogP contribution in [0.2, 0.25) is 0 Å². The van der Waals surface area contributed by atoms with Crippen molar-refractivity contribution in [1.29, 1.82) is 0 Å². The number of nitrogens with zero attached hydrogens (tertiary/aromatic N) is 3. The molecule has 1 aromatic heterocycles. The first kappa shape index (κ1) is 11.2. The fourth-order valence-corrected chi connectivity index (χ4v) is 2.47. The first-order valence-electron chi connectivity index (χ1n) is 6.53. The van der Waals surface area contributed by atoms with Crippen molar-refractivity contribution in [3.8, 4) is 0 Å². The highest BCUT2D eigenvalue weighted by molar-refractivity contribution is 5.02. The molecule has 3 rings (SSSR count). The summed E-state index contributed by atoms with van der Waals surface area (Å²) in [5.41, 5.74) is 0. The van der Waals surface area contributed by atoms with Crippen molar-refractivity contribution in [2.45, 2.75) is 51.2 Å². The van der Waals surface area contributed by atoms with Gasteiger partial charge in [-0.3, -0.25) is 4.90 Å². The summed E-state index contributed by atoms with van der Waals surface area (Å²) in [6.45, 7) is 7.37. The topological polar surface area (TPSA) is 54.2 Å². The van der Waals surface area contributed by atoms with Crippen LogP contribution < -0.4 is 5.32 Å². The molecule has 2 atom stereocenters. The molecule has 94 valence electrons. The van der Waals surface area contributed by atoms with Gasteiger partial charge in [0.25, 0.3) is 0 Å². The molecule has 1 N–H and O–H groups in total. The number of piperazine rings is 1. The van der Waals surface area contributed by atoms with E-state index >= 15 is 0 Å². The van der Waals surface area contributed by atoms with Crippen LogP contribution in [-0.2, 0) is 6.54 Å². The van der Waals surface area contributed by atoms with Gasteiger partial charge in [0.1, 0.15) is 0 Å². The van der Waals surface area contributed by atoms with Crippen LogP contribution in [0.15, 0.2) is 4.52 Å². The molecule has 0 radical (unpaired) electrons. The zero-order chi connectivity index (χ0) is 11.8. The summed E-state index contributed by atoms with van der Waals surface area (Å²) < 4.78 is 5.30. The van der Waals surface area contributed by atoms with Crippen LogP contribution in [0.5, 0.6) is 0 Å². The third-order valence-electron chi connectivity index (χ3n) is 3.75. The summed E-state index contributed by atoms with van der Waals surface area (Å²) in [6, 6.07) is 1.06. The van der Waals surface area contributed by atoms with Gasteiger partial charge in [0.15, 0.2) is 5.82 Å². The van der Waals surface area contributed by atoms with Crippen molar-refractivity contribution in [1.82, 2.24) is 20.4 Å². The van der Waals surface area contributed by atoms with Crippen LogP contribution in [0.25, 0.3) is 0 Å². The lowest BCUT2D eigenvalue weighted by Crippen LogP contribution is -2.54. The minimum Gasteiger partial charge on any atom is -0.339 e. The van der Waals surface area contributed by atoms with Crippen molar-refractivity contribution >= 4 is 0 Å². The highest BCUT2D eigenvalue weighted by atomic mass is 16.5. The third kappa shape index (κ3) is 2.35. The molecule has 1 aromatic rings. The van der Waals surface area contributed by atoms with Crippen molar-refractivity contribution in [3.63, 3.8) is 0 Å². The molecule has 2 unspecified atom stereocenters. The molecule has 0 bridgehead atoms. The Bertz CT molecular complexity index is 378. The molecule has 2 fully saturated rings. The van der Waals surface area contributed by atoms with Gasteiger partial charge in [0.2, 0.25) is 5.89 Å². The Balaban J connectivity index is 1.67. The number of hydrogen-bond acceptors (Lipinski definition) is 5. The first-order valence-corrected chi connectivity index (χ1v) is 6.53. The van der Waals surface area contributed by atoms with E-state index in [-0.39, 0.29) is 0 Å². The van der Waals surface area contributed by atoms with Gasteiger partial charge >= 0.3 is 0 Å². The SMILES string of the molecule is CC1CNCC(C)N1Cc1noc(C2CC2)n1. The van der Waals surface area contributed by atoms with E-state index in [1.807, 2.05) is 0 Å². The van der Waals surface area contributed by atoms with E-state index in [0.29, 0.717) is 18.0 Å². The standard InChI is InChI=1S/C12H20N4O/c1-8-5-13-6-9(2)16(8)7-11-14-12(17-15-11)10-3-4-10/h8-10,13H,3-7H2,1-2H3.